The van der Waals surface area contributed by atoms with Crippen LogP contribution in [-0.2, 0) is 9.53 Å². The number of nitrogens with one attached hydrogen (secondary N) is 1. The first-order valence-electron chi connectivity index (χ1n) is 4.97. The molecule has 0 heterocycles. The number of esters is 1. The molecule has 0 amide bonds. The van der Waals surface area contributed by atoms with Crippen LogP contribution in [0.5, 0.6) is 0 Å². The van der Waals surface area contributed by atoms with E-state index in [4.69, 9.17) is 0 Å². The largest absolute Gasteiger partial charge is 0.467 e. The van der Waals surface area contributed by atoms with Gasteiger partial charge in [0.25, 0.3) is 0 Å². The lowest BCUT2D eigenvalue weighted by atomic mass is 10.1. The molecule has 0 fully saturated rings. The minimum Gasteiger partial charge on any atom is -0.467 e. The number of benzene rings is 1. The van der Waals surface area contributed by atoms with Gasteiger partial charge in [-0.1, -0.05) is 18.2 Å². The molecular formula is C12H17NO2. The van der Waals surface area contributed by atoms with E-state index < -0.39 is 0 Å². The van der Waals surface area contributed by atoms with Crippen LogP contribution in [0.1, 0.15) is 18.1 Å². The second-order valence-corrected chi connectivity index (χ2v) is 3.66. The number of anilines is 1. The predicted octanol–water partition coefficient (Wildman–Crippen LogP) is 2.28. The number of methoxy groups -OCH3 is 1. The molecule has 3 heteroatoms. The Kier molecular flexibility index (Phi) is 3.72. The third-order valence-corrected chi connectivity index (χ3v) is 2.40. The number of aryl methyl sites for hydroxylation is 2. The fraction of sp³-hybridized carbons (Fsp3) is 0.417. The molecule has 1 aromatic rings. The summed E-state index contributed by atoms with van der Waals surface area (Å²) in [4.78, 5) is 11.3. The van der Waals surface area contributed by atoms with Crippen molar-refractivity contribution in [3.8, 4) is 0 Å². The summed E-state index contributed by atoms with van der Waals surface area (Å²) in [5.41, 5.74) is 3.27. The van der Waals surface area contributed by atoms with E-state index in [1.165, 1.54) is 7.11 Å². The van der Waals surface area contributed by atoms with Gasteiger partial charge in [-0.15, -0.1) is 0 Å². The first-order chi connectivity index (χ1) is 7.06. The standard InChI is InChI=1S/C12H17NO2/c1-8-6-5-7-9(2)11(8)13-10(3)12(14)15-4/h5-7,10,13H,1-4H3. The number of ether oxygens (including phenoxy) is 1. The van der Waals surface area contributed by atoms with Crippen LogP contribution in [0.25, 0.3) is 0 Å². The van der Waals surface area contributed by atoms with Crippen molar-refractivity contribution >= 4 is 11.7 Å². The topological polar surface area (TPSA) is 38.3 Å². The fourth-order valence-electron chi connectivity index (χ4n) is 1.49. The van der Waals surface area contributed by atoms with Crippen molar-refractivity contribution in [2.45, 2.75) is 26.8 Å². The van der Waals surface area contributed by atoms with E-state index >= 15 is 0 Å². The third kappa shape index (κ3) is 2.72. The molecule has 0 aliphatic carbocycles. The predicted molar refractivity (Wildman–Crippen MR) is 61.0 cm³/mol. The first kappa shape index (κ1) is 11.6. The fourth-order valence-corrected chi connectivity index (χ4v) is 1.49. The van der Waals surface area contributed by atoms with Gasteiger partial charge < -0.3 is 10.1 Å². The van der Waals surface area contributed by atoms with E-state index in [1.807, 2.05) is 32.0 Å². The van der Waals surface area contributed by atoms with Crippen molar-refractivity contribution in [3.63, 3.8) is 0 Å². The van der Waals surface area contributed by atoms with E-state index in [0.29, 0.717) is 0 Å². The molecule has 0 aromatic heterocycles. The number of para-hydroxylation sites is 1. The Hall–Kier alpha value is -1.51. The second-order valence-electron chi connectivity index (χ2n) is 3.66. The van der Waals surface area contributed by atoms with Crippen LogP contribution in [0.4, 0.5) is 5.69 Å². The Morgan fingerprint density at radius 3 is 2.33 bits per heavy atom. The van der Waals surface area contributed by atoms with Crippen LogP contribution in [0.2, 0.25) is 0 Å². The highest BCUT2D eigenvalue weighted by molar-refractivity contribution is 5.79. The maximum absolute atomic E-state index is 11.3. The Balaban J connectivity index is 2.85. The van der Waals surface area contributed by atoms with Crippen LogP contribution in [0, 0.1) is 13.8 Å². The first-order valence-corrected chi connectivity index (χ1v) is 4.97. The lowest BCUT2D eigenvalue weighted by molar-refractivity contribution is -0.141. The van der Waals surface area contributed by atoms with Crippen molar-refractivity contribution in [2.24, 2.45) is 0 Å². The molecule has 15 heavy (non-hydrogen) atoms. The highest BCUT2D eigenvalue weighted by Gasteiger charge is 2.14. The van der Waals surface area contributed by atoms with Crippen molar-refractivity contribution in [2.75, 3.05) is 12.4 Å². The SMILES string of the molecule is COC(=O)C(C)Nc1c(C)cccc1C. The van der Waals surface area contributed by atoms with Gasteiger partial charge in [-0.25, -0.2) is 4.79 Å². The zero-order chi connectivity index (χ0) is 11.4. The van der Waals surface area contributed by atoms with E-state index in [1.54, 1.807) is 6.92 Å². The van der Waals surface area contributed by atoms with Gasteiger partial charge in [0.15, 0.2) is 0 Å². The summed E-state index contributed by atoms with van der Waals surface area (Å²) in [6.45, 7) is 5.82. The van der Waals surface area contributed by atoms with E-state index in [9.17, 15) is 4.79 Å². The highest BCUT2D eigenvalue weighted by Crippen LogP contribution is 2.20. The quantitative estimate of drug-likeness (QED) is 0.773. The molecule has 0 aliphatic heterocycles. The minimum absolute atomic E-state index is 0.252. The van der Waals surface area contributed by atoms with Gasteiger partial charge in [0.2, 0.25) is 0 Å². The van der Waals surface area contributed by atoms with E-state index in [-0.39, 0.29) is 12.0 Å². The van der Waals surface area contributed by atoms with Crippen LogP contribution in [-0.4, -0.2) is 19.1 Å². The average Bonchev–Trinajstić information content (AvgIpc) is 2.22. The van der Waals surface area contributed by atoms with Gasteiger partial charge in [0.05, 0.1) is 7.11 Å². The Morgan fingerprint density at radius 2 is 1.87 bits per heavy atom. The van der Waals surface area contributed by atoms with Crippen molar-refractivity contribution in [1.82, 2.24) is 0 Å². The summed E-state index contributed by atoms with van der Waals surface area (Å²) in [6, 6.07) is 5.70. The van der Waals surface area contributed by atoms with Crippen LogP contribution in [0.15, 0.2) is 18.2 Å². The molecule has 0 saturated carbocycles. The van der Waals surface area contributed by atoms with Crippen molar-refractivity contribution in [1.29, 1.82) is 0 Å². The highest BCUT2D eigenvalue weighted by atomic mass is 16.5. The zero-order valence-electron chi connectivity index (χ0n) is 9.63. The summed E-state index contributed by atoms with van der Waals surface area (Å²) in [5, 5.41) is 3.15. The number of hydrogen-bond donors (Lipinski definition) is 1. The number of rotatable bonds is 3. The summed E-state index contributed by atoms with van der Waals surface area (Å²) in [5.74, 6) is -0.252. The second kappa shape index (κ2) is 4.82. The molecular weight excluding hydrogens is 190 g/mol. The Morgan fingerprint density at radius 1 is 1.33 bits per heavy atom. The molecule has 82 valence electrons. The lowest BCUT2D eigenvalue weighted by Crippen LogP contribution is -2.27. The van der Waals surface area contributed by atoms with Gasteiger partial charge in [-0.05, 0) is 31.9 Å². The molecule has 0 aliphatic rings. The number of hydrogen-bond acceptors (Lipinski definition) is 3. The Labute approximate surface area is 90.4 Å². The molecule has 0 radical (unpaired) electrons. The molecule has 1 atom stereocenters. The van der Waals surface area contributed by atoms with Crippen molar-refractivity contribution < 1.29 is 9.53 Å². The monoisotopic (exact) mass is 207 g/mol. The normalized spacial score (nSPS) is 12.0. The molecule has 0 spiro atoms. The average molecular weight is 207 g/mol. The maximum Gasteiger partial charge on any atom is 0.327 e. The van der Waals surface area contributed by atoms with Gasteiger partial charge in [0, 0.05) is 5.69 Å². The zero-order valence-corrected chi connectivity index (χ0v) is 9.63. The number of carbonyl (C=O) groups is 1. The van der Waals surface area contributed by atoms with Gasteiger partial charge in [-0.3, -0.25) is 0 Å². The summed E-state index contributed by atoms with van der Waals surface area (Å²) < 4.78 is 4.66. The summed E-state index contributed by atoms with van der Waals surface area (Å²) in [6.07, 6.45) is 0. The minimum atomic E-state index is -0.324. The summed E-state index contributed by atoms with van der Waals surface area (Å²) >= 11 is 0. The third-order valence-electron chi connectivity index (χ3n) is 2.40. The molecule has 1 rings (SSSR count). The van der Waals surface area contributed by atoms with E-state index in [0.717, 1.165) is 16.8 Å². The van der Waals surface area contributed by atoms with Crippen LogP contribution >= 0.6 is 0 Å². The summed E-state index contributed by atoms with van der Waals surface area (Å²) in [7, 11) is 1.39. The number of carbonyl (C=O) groups excluding carboxylic acids is 1. The smallest absolute Gasteiger partial charge is 0.327 e. The van der Waals surface area contributed by atoms with Gasteiger partial charge in [-0.2, -0.15) is 0 Å². The lowest BCUT2D eigenvalue weighted by Gasteiger charge is -2.16. The maximum atomic E-state index is 11.3. The van der Waals surface area contributed by atoms with E-state index in [2.05, 4.69) is 10.1 Å². The van der Waals surface area contributed by atoms with Crippen molar-refractivity contribution in [3.05, 3.63) is 29.3 Å². The molecule has 3 nitrogen and oxygen atoms in total. The molecule has 0 bridgehead atoms. The molecule has 1 aromatic carbocycles. The molecule has 1 unspecified atom stereocenters. The van der Waals surface area contributed by atoms with Crippen LogP contribution < -0.4 is 5.32 Å². The van der Waals surface area contributed by atoms with Gasteiger partial charge in [0.1, 0.15) is 6.04 Å². The molecule has 1 N–H and O–H groups in total. The molecule has 0 saturated heterocycles. The van der Waals surface area contributed by atoms with Gasteiger partial charge >= 0.3 is 5.97 Å². The van der Waals surface area contributed by atoms with Crippen LogP contribution in [0.3, 0.4) is 0 Å². The Bertz CT molecular complexity index is 340.